The first-order valence-electron chi connectivity index (χ1n) is 7.69. The molecule has 3 rings (SSSR count). The van der Waals surface area contributed by atoms with Crippen molar-refractivity contribution < 1.29 is 18.7 Å². The van der Waals surface area contributed by atoms with Gasteiger partial charge in [-0.05, 0) is 50.5 Å². The molecule has 1 aromatic heterocycles. The summed E-state index contributed by atoms with van der Waals surface area (Å²) in [5, 5.41) is 0.742. The largest absolute Gasteiger partial charge is 0.460 e. The number of amides is 1. The number of piperidine rings is 1. The van der Waals surface area contributed by atoms with E-state index in [1.165, 1.54) is 6.42 Å². The second kappa shape index (κ2) is 6.22. The molecule has 1 fully saturated rings. The summed E-state index contributed by atoms with van der Waals surface area (Å²) in [7, 11) is 0. The van der Waals surface area contributed by atoms with E-state index in [4.69, 9.17) is 9.15 Å². The maximum absolute atomic E-state index is 12.5. The van der Waals surface area contributed by atoms with Crippen LogP contribution in [0.2, 0.25) is 0 Å². The molecular weight excluding hydrogens is 282 g/mol. The Morgan fingerprint density at radius 3 is 2.68 bits per heavy atom. The molecule has 0 saturated carbocycles. The molecular formula is C17H19NO4. The molecule has 1 saturated heterocycles. The maximum atomic E-state index is 12.5. The van der Waals surface area contributed by atoms with Crippen LogP contribution in [0.1, 0.15) is 47.1 Å². The lowest BCUT2D eigenvalue weighted by molar-refractivity contribution is 0.0492. The Morgan fingerprint density at radius 1 is 1.18 bits per heavy atom. The molecule has 22 heavy (non-hydrogen) atoms. The smallest absolute Gasteiger partial charge is 0.374 e. The van der Waals surface area contributed by atoms with Gasteiger partial charge in [-0.25, -0.2) is 4.79 Å². The number of esters is 1. The number of ether oxygens (including phenoxy) is 1. The molecule has 2 aromatic rings. The van der Waals surface area contributed by atoms with Crippen molar-refractivity contribution in [2.45, 2.75) is 26.2 Å². The summed E-state index contributed by atoms with van der Waals surface area (Å²) in [6, 6.07) is 6.88. The first-order chi connectivity index (χ1) is 10.7. The van der Waals surface area contributed by atoms with Gasteiger partial charge in [-0.1, -0.05) is 0 Å². The number of furan rings is 1. The van der Waals surface area contributed by atoms with Crippen molar-refractivity contribution in [3.8, 4) is 0 Å². The normalized spacial score (nSPS) is 15.0. The van der Waals surface area contributed by atoms with Gasteiger partial charge in [-0.3, -0.25) is 4.79 Å². The second-order valence-electron chi connectivity index (χ2n) is 5.44. The summed E-state index contributed by atoms with van der Waals surface area (Å²) >= 11 is 0. The van der Waals surface area contributed by atoms with Crippen molar-refractivity contribution in [3.63, 3.8) is 0 Å². The predicted molar refractivity (Wildman–Crippen MR) is 81.9 cm³/mol. The third-order valence-corrected chi connectivity index (χ3v) is 3.88. The zero-order valence-electron chi connectivity index (χ0n) is 12.6. The quantitative estimate of drug-likeness (QED) is 0.817. The van der Waals surface area contributed by atoms with E-state index < -0.39 is 5.97 Å². The molecule has 2 heterocycles. The summed E-state index contributed by atoms with van der Waals surface area (Å²) in [6.45, 7) is 3.68. The first kappa shape index (κ1) is 14.6. The van der Waals surface area contributed by atoms with Gasteiger partial charge in [0.15, 0.2) is 0 Å². The Hall–Kier alpha value is -2.30. The summed E-state index contributed by atoms with van der Waals surface area (Å²) in [5.41, 5.74) is 1.21. The van der Waals surface area contributed by atoms with E-state index in [2.05, 4.69) is 0 Å². The van der Waals surface area contributed by atoms with Gasteiger partial charge in [0.1, 0.15) is 5.58 Å². The van der Waals surface area contributed by atoms with Gasteiger partial charge in [0.25, 0.3) is 5.91 Å². The van der Waals surface area contributed by atoms with E-state index in [-0.39, 0.29) is 11.7 Å². The molecule has 0 aliphatic carbocycles. The van der Waals surface area contributed by atoms with Crippen LogP contribution in [0.4, 0.5) is 0 Å². The summed E-state index contributed by atoms with van der Waals surface area (Å²) in [6.07, 6.45) is 3.31. The number of fused-ring (bicyclic) bond motifs is 1. The van der Waals surface area contributed by atoms with Crippen molar-refractivity contribution in [1.29, 1.82) is 0 Å². The van der Waals surface area contributed by atoms with Crippen LogP contribution < -0.4 is 0 Å². The van der Waals surface area contributed by atoms with E-state index in [9.17, 15) is 9.59 Å². The zero-order valence-corrected chi connectivity index (χ0v) is 12.6. The highest BCUT2D eigenvalue weighted by Gasteiger charge is 2.19. The van der Waals surface area contributed by atoms with Crippen LogP contribution in [-0.4, -0.2) is 36.5 Å². The van der Waals surface area contributed by atoms with Gasteiger partial charge in [0.05, 0.1) is 6.61 Å². The average molecular weight is 301 g/mol. The molecule has 0 atom stereocenters. The van der Waals surface area contributed by atoms with Crippen LogP contribution >= 0.6 is 0 Å². The van der Waals surface area contributed by atoms with Crippen LogP contribution in [0, 0.1) is 0 Å². The Kier molecular flexibility index (Phi) is 4.13. The number of rotatable bonds is 3. The van der Waals surface area contributed by atoms with E-state index in [1.807, 2.05) is 4.90 Å². The van der Waals surface area contributed by atoms with Gasteiger partial charge in [0, 0.05) is 24.0 Å². The lowest BCUT2D eigenvalue weighted by Crippen LogP contribution is -2.35. The molecule has 0 spiro atoms. The fraction of sp³-hybridized carbons (Fsp3) is 0.412. The number of hydrogen-bond acceptors (Lipinski definition) is 4. The third kappa shape index (κ3) is 2.84. The van der Waals surface area contributed by atoms with Gasteiger partial charge in [0.2, 0.25) is 5.76 Å². The first-order valence-corrected chi connectivity index (χ1v) is 7.69. The molecule has 5 heteroatoms. The Morgan fingerprint density at radius 2 is 1.95 bits per heavy atom. The molecule has 1 amide bonds. The summed E-state index contributed by atoms with van der Waals surface area (Å²) < 4.78 is 10.4. The second-order valence-corrected chi connectivity index (χ2v) is 5.44. The van der Waals surface area contributed by atoms with Gasteiger partial charge in [-0.15, -0.1) is 0 Å². The van der Waals surface area contributed by atoms with Crippen molar-refractivity contribution in [3.05, 3.63) is 35.6 Å². The minimum Gasteiger partial charge on any atom is -0.460 e. The minimum absolute atomic E-state index is 0.0421. The van der Waals surface area contributed by atoms with Crippen molar-refractivity contribution in [2.24, 2.45) is 0 Å². The van der Waals surface area contributed by atoms with Crippen molar-refractivity contribution >= 4 is 22.8 Å². The molecule has 0 bridgehead atoms. The van der Waals surface area contributed by atoms with Crippen LogP contribution in [0.25, 0.3) is 11.0 Å². The standard InChI is InChI=1S/C17H19NO4/c1-2-21-17(20)15-11-13-10-12(6-7-14(13)22-15)16(19)18-8-4-3-5-9-18/h6-7,10-11H,2-5,8-9H2,1H3. The number of hydrogen-bond donors (Lipinski definition) is 0. The molecule has 1 aromatic carbocycles. The van der Waals surface area contributed by atoms with E-state index in [1.54, 1.807) is 31.2 Å². The fourth-order valence-corrected chi connectivity index (χ4v) is 2.76. The third-order valence-electron chi connectivity index (χ3n) is 3.88. The Bertz CT molecular complexity index is 698. The molecule has 0 radical (unpaired) electrons. The Balaban J connectivity index is 1.85. The average Bonchev–Trinajstić information content (AvgIpc) is 2.98. The molecule has 5 nitrogen and oxygen atoms in total. The summed E-state index contributed by atoms with van der Waals surface area (Å²) in [4.78, 5) is 26.1. The highest BCUT2D eigenvalue weighted by Crippen LogP contribution is 2.23. The minimum atomic E-state index is -0.484. The molecule has 0 unspecified atom stereocenters. The fourth-order valence-electron chi connectivity index (χ4n) is 2.76. The predicted octanol–water partition coefficient (Wildman–Crippen LogP) is 3.24. The SMILES string of the molecule is CCOC(=O)c1cc2cc(C(=O)N3CCCCC3)ccc2o1. The number of nitrogens with zero attached hydrogens (tertiary/aromatic N) is 1. The zero-order chi connectivity index (χ0) is 15.5. The van der Waals surface area contributed by atoms with Crippen LogP contribution in [-0.2, 0) is 4.74 Å². The number of carbonyl (C=O) groups is 2. The van der Waals surface area contributed by atoms with E-state index in [0.29, 0.717) is 17.8 Å². The molecule has 1 aliphatic heterocycles. The highest BCUT2D eigenvalue weighted by atomic mass is 16.5. The van der Waals surface area contributed by atoms with Gasteiger partial charge < -0.3 is 14.1 Å². The van der Waals surface area contributed by atoms with E-state index >= 15 is 0 Å². The number of benzene rings is 1. The van der Waals surface area contributed by atoms with Crippen LogP contribution in [0.15, 0.2) is 28.7 Å². The molecule has 0 N–H and O–H groups in total. The lowest BCUT2D eigenvalue weighted by atomic mass is 10.1. The topological polar surface area (TPSA) is 59.8 Å². The van der Waals surface area contributed by atoms with Crippen LogP contribution in [0.5, 0.6) is 0 Å². The van der Waals surface area contributed by atoms with Crippen molar-refractivity contribution in [1.82, 2.24) is 4.90 Å². The molecule has 1 aliphatic rings. The maximum Gasteiger partial charge on any atom is 0.374 e. The highest BCUT2D eigenvalue weighted by molar-refractivity contribution is 5.99. The monoisotopic (exact) mass is 301 g/mol. The molecule has 116 valence electrons. The van der Waals surface area contributed by atoms with Gasteiger partial charge >= 0.3 is 5.97 Å². The lowest BCUT2D eigenvalue weighted by Gasteiger charge is -2.26. The van der Waals surface area contributed by atoms with Gasteiger partial charge in [-0.2, -0.15) is 0 Å². The van der Waals surface area contributed by atoms with Crippen molar-refractivity contribution in [2.75, 3.05) is 19.7 Å². The van der Waals surface area contributed by atoms with Crippen LogP contribution in [0.3, 0.4) is 0 Å². The number of likely N-dealkylation sites (tertiary alicyclic amines) is 1. The summed E-state index contributed by atoms with van der Waals surface area (Å²) in [5.74, 6) is -0.275. The van der Waals surface area contributed by atoms with E-state index in [0.717, 1.165) is 31.3 Å². The number of carbonyl (C=O) groups excluding carboxylic acids is 2. The Labute approximate surface area is 128 Å².